The fourth-order valence-electron chi connectivity index (χ4n) is 2.81. The predicted octanol–water partition coefficient (Wildman–Crippen LogP) is 1.90. The van der Waals surface area contributed by atoms with Crippen molar-refractivity contribution in [2.45, 2.75) is 6.61 Å². The highest BCUT2D eigenvalue weighted by Gasteiger charge is 2.10. The Hall–Kier alpha value is -2.37. The number of benzene rings is 2. The molecule has 0 bridgehead atoms. The van der Waals surface area contributed by atoms with Gasteiger partial charge in [-0.15, -0.1) is 0 Å². The SMILES string of the molecule is O=C(NCCN1CCNCC1)c1ccc(OCc2ccccc2)cc1. The second-order valence-electron chi connectivity index (χ2n) is 6.15. The van der Waals surface area contributed by atoms with Crippen LogP contribution in [-0.4, -0.2) is 50.1 Å². The van der Waals surface area contributed by atoms with Crippen molar-refractivity contribution in [1.29, 1.82) is 0 Å². The van der Waals surface area contributed by atoms with Crippen LogP contribution in [0.2, 0.25) is 0 Å². The Morgan fingerprint density at radius 2 is 1.76 bits per heavy atom. The van der Waals surface area contributed by atoms with E-state index in [0.29, 0.717) is 18.7 Å². The van der Waals surface area contributed by atoms with Crippen LogP contribution in [0.15, 0.2) is 54.6 Å². The number of hydrogen-bond acceptors (Lipinski definition) is 4. The highest BCUT2D eigenvalue weighted by molar-refractivity contribution is 5.94. The van der Waals surface area contributed by atoms with Crippen LogP contribution in [0.3, 0.4) is 0 Å². The van der Waals surface area contributed by atoms with E-state index in [1.165, 1.54) is 0 Å². The molecule has 0 aliphatic carbocycles. The third-order valence-electron chi connectivity index (χ3n) is 4.29. The molecule has 0 radical (unpaired) electrons. The maximum absolute atomic E-state index is 12.2. The van der Waals surface area contributed by atoms with Crippen LogP contribution in [0.1, 0.15) is 15.9 Å². The second-order valence-corrected chi connectivity index (χ2v) is 6.15. The summed E-state index contributed by atoms with van der Waals surface area (Å²) in [4.78, 5) is 14.6. The standard InChI is InChI=1S/C20H25N3O2/c24-20(22-12-15-23-13-10-21-11-14-23)18-6-8-19(9-7-18)25-16-17-4-2-1-3-5-17/h1-9,21H,10-16H2,(H,22,24). The van der Waals surface area contributed by atoms with Gasteiger partial charge in [0.2, 0.25) is 0 Å². The van der Waals surface area contributed by atoms with Crippen molar-refractivity contribution in [3.8, 4) is 5.75 Å². The molecule has 0 spiro atoms. The number of rotatable bonds is 7. The summed E-state index contributed by atoms with van der Waals surface area (Å²) >= 11 is 0. The van der Waals surface area contributed by atoms with Crippen molar-refractivity contribution in [2.24, 2.45) is 0 Å². The zero-order chi connectivity index (χ0) is 17.3. The lowest BCUT2D eigenvalue weighted by atomic mass is 10.2. The van der Waals surface area contributed by atoms with Crippen molar-refractivity contribution in [3.63, 3.8) is 0 Å². The monoisotopic (exact) mass is 339 g/mol. The van der Waals surface area contributed by atoms with Gasteiger partial charge >= 0.3 is 0 Å². The number of nitrogens with one attached hydrogen (secondary N) is 2. The first-order valence-electron chi connectivity index (χ1n) is 8.79. The number of ether oxygens (including phenoxy) is 1. The smallest absolute Gasteiger partial charge is 0.251 e. The molecule has 1 saturated heterocycles. The number of carbonyl (C=O) groups is 1. The van der Waals surface area contributed by atoms with Crippen LogP contribution < -0.4 is 15.4 Å². The fourth-order valence-corrected chi connectivity index (χ4v) is 2.81. The lowest BCUT2D eigenvalue weighted by Crippen LogP contribution is -2.46. The van der Waals surface area contributed by atoms with Crippen molar-refractivity contribution in [2.75, 3.05) is 39.3 Å². The number of amides is 1. The van der Waals surface area contributed by atoms with Crippen LogP contribution >= 0.6 is 0 Å². The summed E-state index contributed by atoms with van der Waals surface area (Å²) in [5, 5.41) is 6.31. The summed E-state index contributed by atoms with van der Waals surface area (Å²) in [5.41, 5.74) is 1.78. The molecule has 25 heavy (non-hydrogen) atoms. The number of carbonyl (C=O) groups excluding carboxylic acids is 1. The highest BCUT2D eigenvalue weighted by Crippen LogP contribution is 2.14. The molecule has 2 aromatic carbocycles. The molecule has 1 fully saturated rings. The summed E-state index contributed by atoms with van der Waals surface area (Å²) in [7, 11) is 0. The van der Waals surface area contributed by atoms with Gasteiger partial charge in [0.05, 0.1) is 0 Å². The van der Waals surface area contributed by atoms with Gasteiger partial charge in [-0.05, 0) is 29.8 Å². The third kappa shape index (κ3) is 5.59. The molecular formula is C20H25N3O2. The molecule has 0 aromatic heterocycles. The molecule has 132 valence electrons. The second kappa shape index (κ2) is 9.20. The topological polar surface area (TPSA) is 53.6 Å². The van der Waals surface area contributed by atoms with E-state index in [-0.39, 0.29) is 5.91 Å². The Morgan fingerprint density at radius 3 is 2.48 bits per heavy atom. The predicted molar refractivity (Wildman–Crippen MR) is 98.9 cm³/mol. The Kier molecular flexibility index (Phi) is 6.42. The van der Waals surface area contributed by atoms with Gasteiger partial charge in [-0.1, -0.05) is 30.3 Å². The molecule has 1 heterocycles. The summed E-state index contributed by atoms with van der Waals surface area (Å²) in [6, 6.07) is 17.3. The van der Waals surface area contributed by atoms with Crippen LogP contribution in [0.5, 0.6) is 5.75 Å². The van der Waals surface area contributed by atoms with Crippen molar-refractivity contribution in [3.05, 3.63) is 65.7 Å². The first kappa shape index (κ1) is 17.5. The molecule has 5 heteroatoms. The molecule has 3 rings (SSSR count). The number of piperazine rings is 1. The van der Waals surface area contributed by atoms with Crippen molar-refractivity contribution in [1.82, 2.24) is 15.5 Å². The first-order chi connectivity index (χ1) is 12.3. The largest absolute Gasteiger partial charge is 0.489 e. The van der Waals surface area contributed by atoms with Gasteiger partial charge in [-0.3, -0.25) is 9.69 Å². The minimum atomic E-state index is -0.0373. The zero-order valence-corrected chi connectivity index (χ0v) is 14.4. The summed E-state index contributed by atoms with van der Waals surface area (Å²) in [6.07, 6.45) is 0. The van der Waals surface area contributed by atoms with Gasteiger partial charge in [0.15, 0.2) is 0 Å². The lowest BCUT2D eigenvalue weighted by molar-refractivity contribution is 0.0947. The third-order valence-corrected chi connectivity index (χ3v) is 4.29. The summed E-state index contributed by atoms with van der Waals surface area (Å²) in [5.74, 6) is 0.728. The van der Waals surface area contributed by atoms with Crippen LogP contribution in [0.25, 0.3) is 0 Å². The molecule has 5 nitrogen and oxygen atoms in total. The van der Waals surface area contributed by atoms with E-state index < -0.39 is 0 Å². The Balaban J connectivity index is 1.42. The van der Waals surface area contributed by atoms with Crippen LogP contribution in [0, 0.1) is 0 Å². The molecular weight excluding hydrogens is 314 g/mol. The highest BCUT2D eigenvalue weighted by atomic mass is 16.5. The van der Waals surface area contributed by atoms with E-state index in [9.17, 15) is 4.79 Å². The van der Waals surface area contributed by atoms with Crippen LogP contribution in [-0.2, 0) is 6.61 Å². The average molecular weight is 339 g/mol. The minimum absolute atomic E-state index is 0.0373. The lowest BCUT2D eigenvalue weighted by Gasteiger charge is -2.27. The van der Waals surface area contributed by atoms with Crippen molar-refractivity contribution >= 4 is 5.91 Å². The van der Waals surface area contributed by atoms with E-state index in [4.69, 9.17) is 4.74 Å². The molecule has 0 atom stereocenters. The maximum atomic E-state index is 12.2. The van der Waals surface area contributed by atoms with E-state index in [1.807, 2.05) is 42.5 Å². The maximum Gasteiger partial charge on any atom is 0.251 e. The molecule has 0 saturated carbocycles. The van der Waals surface area contributed by atoms with Gasteiger partial charge in [0.25, 0.3) is 5.91 Å². The first-order valence-corrected chi connectivity index (χ1v) is 8.79. The molecule has 1 aliphatic rings. The Bertz CT molecular complexity index is 652. The fraction of sp³-hybridized carbons (Fsp3) is 0.350. The number of hydrogen-bond donors (Lipinski definition) is 2. The Morgan fingerprint density at radius 1 is 1.04 bits per heavy atom. The molecule has 1 amide bonds. The summed E-state index contributed by atoms with van der Waals surface area (Å²) < 4.78 is 5.74. The summed E-state index contributed by atoms with van der Waals surface area (Å²) in [6.45, 7) is 6.23. The van der Waals surface area contributed by atoms with Crippen LogP contribution in [0.4, 0.5) is 0 Å². The zero-order valence-electron chi connectivity index (χ0n) is 14.4. The van der Waals surface area contributed by atoms with Gasteiger partial charge in [-0.2, -0.15) is 0 Å². The van der Waals surface area contributed by atoms with Crippen molar-refractivity contribution < 1.29 is 9.53 Å². The molecule has 0 unspecified atom stereocenters. The van der Waals surface area contributed by atoms with Gasteiger partial charge in [0, 0.05) is 44.8 Å². The van der Waals surface area contributed by atoms with Gasteiger partial charge in [-0.25, -0.2) is 0 Å². The van der Waals surface area contributed by atoms with Gasteiger partial charge in [0.1, 0.15) is 12.4 Å². The quantitative estimate of drug-likeness (QED) is 0.809. The molecule has 1 aliphatic heterocycles. The van der Waals surface area contributed by atoms with E-state index in [0.717, 1.165) is 44.0 Å². The van der Waals surface area contributed by atoms with E-state index >= 15 is 0 Å². The minimum Gasteiger partial charge on any atom is -0.489 e. The Labute approximate surface area is 149 Å². The normalized spacial score (nSPS) is 14.9. The van der Waals surface area contributed by atoms with E-state index in [1.54, 1.807) is 12.1 Å². The average Bonchev–Trinajstić information content (AvgIpc) is 2.68. The molecule has 2 aromatic rings. The molecule has 2 N–H and O–H groups in total. The van der Waals surface area contributed by atoms with Gasteiger partial charge < -0.3 is 15.4 Å². The van der Waals surface area contributed by atoms with E-state index in [2.05, 4.69) is 15.5 Å². The number of nitrogens with zero attached hydrogens (tertiary/aromatic N) is 1.